The maximum absolute atomic E-state index is 9.59. The molecular formula is C9H14N4O. The first-order chi connectivity index (χ1) is 6.68. The van der Waals surface area contributed by atoms with Gasteiger partial charge in [-0.05, 0) is 0 Å². The number of aromatic nitrogens is 2. The van der Waals surface area contributed by atoms with Gasteiger partial charge in [0.15, 0.2) is 11.6 Å². The van der Waals surface area contributed by atoms with Crippen molar-refractivity contribution < 1.29 is 5.11 Å². The number of nitrogens with zero attached hydrogens (tertiary/aromatic N) is 3. The van der Waals surface area contributed by atoms with Gasteiger partial charge in [0.05, 0.1) is 6.10 Å². The predicted molar refractivity (Wildman–Crippen MR) is 53.8 cm³/mol. The van der Waals surface area contributed by atoms with Crippen molar-refractivity contribution >= 4 is 11.6 Å². The van der Waals surface area contributed by atoms with Gasteiger partial charge in [-0.15, -0.1) is 0 Å². The van der Waals surface area contributed by atoms with Crippen LogP contribution in [0, 0.1) is 5.92 Å². The zero-order valence-electron chi connectivity index (χ0n) is 8.09. The van der Waals surface area contributed by atoms with E-state index in [1.807, 2.05) is 11.8 Å². The van der Waals surface area contributed by atoms with Crippen LogP contribution in [0.3, 0.4) is 0 Å². The van der Waals surface area contributed by atoms with Crippen molar-refractivity contribution in [1.82, 2.24) is 9.97 Å². The highest BCUT2D eigenvalue weighted by atomic mass is 16.3. The van der Waals surface area contributed by atoms with Gasteiger partial charge < -0.3 is 15.7 Å². The second kappa shape index (κ2) is 3.42. The first kappa shape index (κ1) is 9.21. The Bertz CT molecular complexity index is 320. The third-order valence-electron chi connectivity index (χ3n) is 2.58. The number of nitrogen functional groups attached to an aromatic ring is 1. The summed E-state index contributed by atoms with van der Waals surface area (Å²) >= 11 is 0. The molecule has 0 spiro atoms. The molecule has 0 aliphatic carbocycles. The second-order valence-electron chi connectivity index (χ2n) is 3.71. The van der Waals surface area contributed by atoms with E-state index in [1.165, 1.54) is 0 Å². The van der Waals surface area contributed by atoms with Crippen LogP contribution in [-0.2, 0) is 0 Å². The molecule has 2 rings (SSSR count). The summed E-state index contributed by atoms with van der Waals surface area (Å²) in [5, 5.41) is 9.59. The average molecular weight is 194 g/mol. The van der Waals surface area contributed by atoms with Gasteiger partial charge in [0.2, 0.25) is 0 Å². The SMILES string of the molecule is CC1CN(c2nccnc2N)CC1O. The van der Waals surface area contributed by atoms with Crippen LogP contribution in [0.2, 0.25) is 0 Å². The molecule has 76 valence electrons. The lowest BCUT2D eigenvalue weighted by atomic mass is 10.1. The molecule has 1 saturated heterocycles. The van der Waals surface area contributed by atoms with Gasteiger partial charge >= 0.3 is 0 Å². The van der Waals surface area contributed by atoms with Crippen molar-refractivity contribution in [2.45, 2.75) is 13.0 Å². The van der Waals surface area contributed by atoms with Crippen molar-refractivity contribution in [3.8, 4) is 0 Å². The molecule has 5 heteroatoms. The summed E-state index contributed by atoms with van der Waals surface area (Å²) in [6, 6.07) is 0. The Kier molecular flexibility index (Phi) is 2.25. The van der Waals surface area contributed by atoms with Crippen LogP contribution < -0.4 is 10.6 Å². The number of nitrogens with two attached hydrogens (primary N) is 1. The van der Waals surface area contributed by atoms with Crippen LogP contribution in [0.1, 0.15) is 6.92 Å². The predicted octanol–water partition coefficient (Wildman–Crippen LogP) is -0.124. The minimum absolute atomic E-state index is 0.261. The van der Waals surface area contributed by atoms with Crippen LogP contribution in [0.5, 0.6) is 0 Å². The molecule has 1 fully saturated rings. The smallest absolute Gasteiger partial charge is 0.171 e. The molecule has 14 heavy (non-hydrogen) atoms. The van der Waals surface area contributed by atoms with E-state index in [1.54, 1.807) is 12.4 Å². The molecule has 0 amide bonds. The number of aliphatic hydroxyl groups excluding tert-OH is 1. The van der Waals surface area contributed by atoms with Gasteiger partial charge in [0.25, 0.3) is 0 Å². The van der Waals surface area contributed by atoms with E-state index < -0.39 is 0 Å². The summed E-state index contributed by atoms with van der Waals surface area (Å²) in [7, 11) is 0. The number of anilines is 2. The third-order valence-corrected chi connectivity index (χ3v) is 2.58. The second-order valence-corrected chi connectivity index (χ2v) is 3.71. The monoisotopic (exact) mass is 194 g/mol. The van der Waals surface area contributed by atoms with Gasteiger partial charge in [0.1, 0.15) is 0 Å². The summed E-state index contributed by atoms with van der Waals surface area (Å²) in [4.78, 5) is 10.1. The first-order valence-corrected chi connectivity index (χ1v) is 4.68. The largest absolute Gasteiger partial charge is 0.391 e. The van der Waals surface area contributed by atoms with Gasteiger partial charge in [0, 0.05) is 31.4 Å². The van der Waals surface area contributed by atoms with Crippen molar-refractivity contribution in [2.75, 3.05) is 23.7 Å². The highest BCUT2D eigenvalue weighted by Gasteiger charge is 2.29. The maximum atomic E-state index is 9.59. The molecule has 1 aliphatic heterocycles. The Hall–Kier alpha value is -1.36. The Labute approximate surface area is 82.6 Å². The molecule has 5 nitrogen and oxygen atoms in total. The summed E-state index contributed by atoms with van der Waals surface area (Å²) in [6.07, 6.45) is 2.88. The Morgan fingerprint density at radius 3 is 2.71 bits per heavy atom. The van der Waals surface area contributed by atoms with E-state index in [0.717, 1.165) is 6.54 Å². The number of rotatable bonds is 1. The summed E-state index contributed by atoms with van der Waals surface area (Å²) in [5.41, 5.74) is 5.69. The van der Waals surface area contributed by atoms with Gasteiger partial charge in [-0.25, -0.2) is 9.97 Å². The fourth-order valence-corrected chi connectivity index (χ4v) is 1.71. The van der Waals surface area contributed by atoms with E-state index >= 15 is 0 Å². The fourth-order valence-electron chi connectivity index (χ4n) is 1.71. The quantitative estimate of drug-likeness (QED) is 0.651. The molecule has 0 bridgehead atoms. The lowest BCUT2D eigenvalue weighted by molar-refractivity contribution is 0.157. The van der Waals surface area contributed by atoms with E-state index in [0.29, 0.717) is 18.2 Å². The molecule has 3 N–H and O–H groups in total. The molecule has 1 aromatic heterocycles. The van der Waals surface area contributed by atoms with Gasteiger partial charge in [-0.1, -0.05) is 6.92 Å². The number of hydrogen-bond donors (Lipinski definition) is 2. The fraction of sp³-hybridized carbons (Fsp3) is 0.556. The molecule has 2 atom stereocenters. The highest BCUT2D eigenvalue weighted by molar-refractivity contribution is 5.57. The lowest BCUT2D eigenvalue weighted by Gasteiger charge is -2.17. The first-order valence-electron chi connectivity index (χ1n) is 4.68. The topological polar surface area (TPSA) is 75.3 Å². The van der Waals surface area contributed by atoms with Crippen LogP contribution in [0.15, 0.2) is 12.4 Å². The minimum Gasteiger partial charge on any atom is -0.391 e. The molecular weight excluding hydrogens is 180 g/mol. The minimum atomic E-state index is -0.295. The van der Waals surface area contributed by atoms with E-state index in [9.17, 15) is 5.11 Å². The molecule has 2 unspecified atom stereocenters. The number of β-amino-alcohol motifs (C(OH)–C–C–N with tert-alkyl or cyclic N) is 1. The van der Waals surface area contributed by atoms with E-state index in [2.05, 4.69) is 9.97 Å². The zero-order valence-corrected chi connectivity index (χ0v) is 8.09. The molecule has 1 aliphatic rings. The Morgan fingerprint density at radius 2 is 2.14 bits per heavy atom. The zero-order chi connectivity index (χ0) is 10.1. The van der Waals surface area contributed by atoms with Crippen LogP contribution in [-0.4, -0.2) is 34.3 Å². The summed E-state index contributed by atoms with van der Waals surface area (Å²) in [6.45, 7) is 3.38. The third kappa shape index (κ3) is 1.50. The van der Waals surface area contributed by atoms with Crippen molar-refractivity contribution in [3.05, 3.63) is 12.4 Å². The molecule has 0 radical (unpaired) electrons. The molecule has 1 aromatic rings. The summed E-state index contributed by atoms with van der Waals surface area (Å²) < 4.78 is 0. The number of hydrogen-bond acceptors (Lipinski definition) is 5. The molecule has 0 saturated carbocycles. The Balaban J connectivity index is 2.21. The van der Waals surface area contributed by atoms with Crippen LogP contribution >= 0.6 is 0 Å². The molecule has 0 aromatic carbocycles. The van der Waals surface area contributed by atoms with Gasteiger partial charge in [-0.3, -0.25) is 0 Å². The van der Waals surface area contributed by atoms with E-state index in [4.69, 9.17) is 5.73 Å². The van der Waals surface area contributed by atoms with Gasteiger partial charge in [-0.2, -0.15) is 0 Å². The summed E-state index contributed by atoms with van der Waals surface area (Å²) in [5.74, 6) is 1.36. The van der Waals surface area contributed by atoms with Crippen molar-refractivity contribution in [2.24, 2.45) is 5.92 Å². The normalized spacial score (nSPS) is 26.9. The lowest BCUT2D eigenvalue weighted by Crippen LogP contribution is -2.23. The van der Waals surface area contributed by atoms with Crippen molar-refractivity contribution in [3.63, 3.8) is 0 Å². The van der Waals surface area contributed by atoms with E-state index in [-0.39, 0.29) is 12.0 Å². The maximum Gasteiger partial charge on any atom is 0.171 e. The highest BCUT2D eigenvalue weighted by Crippen LogP contribution is 2.24. The molecule has 2 heterocycles. The van der Waals surface area contributed by atoms with Crippen LogP contribution in [0.4, 0.5) is 11.6 Å². The van der Waals surface area contributed by atoms with Crippen LogP contribution in [0.25, 0.3) is 0 Å². The number of aliphatic hydroxyl groups is 1. The van der Waals surface area contributed by atoms with Crippen molar-refractivity contribution in [1.29, 1.82) is 0 Å². The Morgan fingerprint density at radius 1 is 1.43 bits per heavy atom. The standard InChI is InChI=1S/C9H14N4O/c1-6-4-13(5-7(6)14)9-8(10)11-2-3-12-9/h2-3,6-7,14H,4-5H2,1H3,(H2,10,11). The average Bonchev–Trinajstić information content (AvgIpc) is 2.48.